The van der Waals surface area contributed by atoms with Crippen molar-refractivity contribution in [2.45, 2.75) is 13.8 Å². The SMILES string of the molecule is Cc1cc(C)c(Cl)c(F)c1F. The summed E-state index contributed by atoms with van der Waals surface area (Å²) in [5, 5.41) is -0.131. The molecule has 0 aromatic heterocycles. The van der Waals surface area contributed by atoms with Gasteiger partial charge in [0.2, 0.25) is 0 Å². The number of benzene rings is 1. The van der Waals surface area contributed by atoms with Crippen LogP contribution in [0, 0.1) is 25.5 Å². The van der Waals surface area contributed by atoms with Gasteiger partial charge in [0.15, 0.2) is 11.6 Å². The van der Waals surface area contributed by atoms with E-state index in [0.29, 0.717) is 5.56 Å². The average molecular weight is 177 g/mol. The molecule has 0 N–H and O–H groups in total. The molecule has 0 spiro atoms. The van der Waals surface area contributed by atoms with E-state index in [1.807, 2.05) is 0 Å². The third-order valence-electron chi connectivity index (χ3n) is 1.51. The Morgan fingerprint density at radius 3 is 2.18 bits per heavy atom. The summed E-state index contributed by atoms with van der Waals surface area (Å²) in [6, 6.07) is 1.51. The van der Waals surface area contributed by atoms with E-state index < -0.39 is 11.6 Å². The van der Waals surface area contributed by atoms with E-state index in [-0.39, 0.29) is 10.6 Å². The standard InChI is InChI=1S/C8H7ClF2/c1-4-3-5(2)7(10)8(11)6(4)9/h3H,1-2H3. The second-order valence-corrected chi connectivity index (χ2v) is 2.83. The van der Waals surface area contributed by atoms with Crippen LogP contribution >= 0.6 is 11.6 Å². The van der Waals surface area contributed by atoms with Crippen molar-refractivity contribution in [3.8, 4) is 0 Å². The van der Waals surface area contributed by atoms with Crippen molar-refractivity contribution in [1.29, 1.82) is 0 Å². The number of rotatable bonds is 0. The van der Waals surface area contributed by atoms with Crippen LogP contribution in [0.3, 0.4) is 0 Å². The summed E-state index contributed by atoms with van der Waals surface area (Å²) in [6.07, 6.45) is 0. The monoisotopic (exact) mass is 176 g/mol. The highest BCUT2D eigenvalue weighted by atomic mass is 35.5. The minimum atomic E-state index is -0.954. The molecule has 0 saturated heterocycles. The van der Waals surface area contributed by atoms with Crippen molar-refractivity contribution < 1.29 is 8.78 Å². The maximum atomic E-state index is 12.7. The van der Waals surface area contributed by atoms with Crippen molar-refractivity contribution in [1.82, 2.24) is 0 Å². The van der Waals surface area contributed by atoms with Crippen LogP contribution in [0.5, 0.6) is 0 Å². The predicted octanol–water partition coefficient (Wildman–Crippen LogP) is 3.24. The van der Waals surface area contributed by atoms with Gasteiger partial charge in [0.05, 0.1) is 5.02 Å². The van der Waals surface area contributed by atoms with E-state index in [2.05, 4.69) is 0 Å². The molecule has 0 atom stereocenters. The van der Waals surface area contributed by atoms with Crippen molar-refractivity contribution in [2.24, 2.45) is 0 Å². The lowest BCUT2D eigenvalue weighted by atomic mass is 10.1. The first kappa shape index (κ1) is 8.47. The summed E-state index contributed by atoms with van der Waals surface area (Å²) in [4.78, 5) is 0. The first-order valence-electron chi connectivity index (χ1n) is 3.14. The molecule has 0 heterocycles. The van der Waals surface area contributed by atoms with Crippen molar-refractivity contribution in [2.75, 3.05) is 0 Å². The second-order valence-electron chi connectivity index (χ2n) is 2.45. The maximum absolute atomic E-state index is 12.7. The van der Waals surface area contributed by atoms with Crippen LogP contribution in [-0.4, -0.2) is 0 Å². The van der Waals surface area contributed by atoms with Crippen LogP contribution in [0.25, 0.3) is 0 Å². The van der Waals surface area contributed by atoms with Gasteiger partial charge in [-0.25, -0.2) is 8.78 Å². The van der Waals surface area contributed by atoms with Crippen LogP contribution in [0.15, 0.2) is 6.07 Å². The molecule has 0 nitrogen and oxygen atoms in total. The maximum Gasteiger partial charge on any atom is 0.177 e. The Balaban J connectivity index is 3.46. The first-order chi connectivity index (χ1) is 5.04. The van der Waals surface area contributed by atoms with Crippen molar-refractivity contribution in [3.05, 3.63) is 33.9 Å². The van der Waals surface area contributed by atoms with Gasteiger partial charge >= 0.3 is 0 Å². The van der Waals surface area contributed by atoms with Gasteiger partial charge in [-0.3, -0.25) is 0 Å². The van der Waals surface area contributed by atoms with Crippen LogP contribution < -0.4 is 0 Å². The molecule has 0 aliphatic rings. The Labute approximate surface area is 68.8 Å². The Morgan fingerprint density at radius 1 is 1.09 bits per heavy atom. The molecule has 0 aliphatic carbocycles. The molecule has 11 heavy (non-hydrogen) atoms. The van der Waals surface area contributed by atoms with Gasteiger partial charge in [-0.1, -0.05) is 17.7 Å². The van der Waals surface area contributed by atoms with E-state index >= 15 is 0 Å². The molecule has 60 valence electrons. The molecule has 0 amide bonds. The van der Waals surface area contributed by atoms with Crippen molar-refractivity contribution >= 4 is 11.6 Å². The third-order valence-corrected chi connectivity index (χ3v) is 1.97. The fourth-order valence-electron chi connectivity index (χ4n) is 0.894. The average Bonchev–Trinajstić information content (AvgIpc) is 1.97. The van der Waals surface area contributed by atoms with Gasteiger partial charge in [-0.05, 0) is 25.0 Å². The summed E-state index contributed by atoms with van der Waals surface area (Å²) in [7, 11) is 0. The largest absolute Gasteiger partial charge is 0.203 e. The Hall–Kier alpha value is -0.630. The Kier molecular flexibility index (Phi) is 2.14. The van der Waals surface area contributed by atoms with Gasteiger partial charge in [-0.2, -0.15) is 0 Å². The lowest BCUT2D eigenvalue weighted by molar-refractivity contribution is 0.502. The van der Waals surface area contributed by atoms with Crippen LogP contribution in [0.1, 0.15) is 11.1 Å². The topological polar surface area (TPSA) is 0 Å². The van der Waals surface area contributed by atoms with Crippen molar-refractivity contribution in [3.63, 3.8) is 0 Å². The van der Waals surface area contributed by atoms with E-state index in [9.17, 15) is 8.78 Å². The summed E-state index contributed by atoms with van der Waals surface area (Å²) in [5.41, 5.74) is 0.840. The number of hydrogen-bond acceptors (Lipinski definition) is 0. The van der Waals surface area contributed by atoms with Gasteiger partial charge in [0.25, 0.3) is 0 Å². The van der Waals surface area contributed by atoms with E-state index in [1.165, 1.54) is 13.0 Å². The highest BCUT2D eigenvalue weighted by Crippen LogP contribution is 2.23. The highest BCUT2D eigenvalue weighted by Gasteiger charge is 2.11. The van der Waals surface area contributed by atoms with Gasteiger partial charge in [0, 0.05) is 0 Å². The smallest absolute Gasteiger partial charge is 0.177 e. The molecule has 0 saturated carbocycles. The molecule has 0 radical (unpaired) electrons. The van der Waals surface area contributed by atoms with Gasteiger partial charge < -0.3 is 0 Å². The quantitative estimate of drug-likeness (QED) is 0.533. The third kappa shape index (κ3) is 1.36. The second kappa shape index (κ2) is 2.78. The van der Waals surface area contributed by atoms with Crippen LogP contribution in [0.4, 0.5) is 8.78 Å². The minimum Gasteiger partial charge on any atom is -0.203 e. The zero-order chi connectivity index (χ0) is 8.59. The number of aryl methyl sites for hydroxylation is 2. The lowest BCUT2D eigenvalue weighted by Crippen LogP contribution is -1.92. The summed E-state index contributed by atoms with van der Waals surface area (Å²) in [6.45, 7) is 3.14. The Morgan fingerprint density at radius 2 is 1.64 bits per heavy atom. The first-order valence-corrected chi connectivity index (χ1v) is 3.52. The van der Waals surface area contributed by atoms with Gasteiger partial charge in [-0.15, -0.1) is 0 Å². The highest BCUT2D eigenvalue weighted by molar-refractivity contribution is 6.31. The molecule has 1 aromatic rings. The molecule has 0 bridgehead atoms. The molecule has 0 unspecified atom stereocenters. The minimum absolute atomic E-state index is 0.131. The van der Waals surface area contributed by atoms with E-state index in [1.54, 1.807) is 6.92 Å². The Bertz CT molecular complexity index is 268. The number of halogens is 3. The van der Waals surface area contributed by atoms with Crippen LogP contribution in [-0.2, 0) is 0 Å². The molecule has 0 aliphatic heterocycles. The summed E-state index contributed by atoms with van der Waals surface area (Å²) in [5.74, 6) is -1.82. The van der Waals surface area contributed by atoms with E-state index in [0.717, 1.165) is 0 Å². The normalized spacial score (nSPS) is 10.3. The van der Waals surface area contributed by atoms with Gasteiger partial charge in [0.1, 0.15) is 0 Å². The molecule has 1 rings (SSSR count). The lowest BCUT2D eigenvalue weighted by Gasteiger charge is -2.02. The van der Waals surface area contributed by atoms with Crippen LogP contribution in [0.2, 0.25) is 5.02 Å². The fourth-order valence-corrected chi connectivity index (χ4v) is 1.03. The summed E-state index contributed by atoms with van der Waals surface area (Å²) >= 11 is 5.44. The molecular formula is C8H7ClF2. The molecule has 1 aromatic carbocycles. The number of hydrogen-bond donors (Lipinski definition) is 0. The predicted molar refractivity (Wildman–Crippen MR) is 40.8 cm³/mol. The zero-order valence-corrected chi connectivity index (χ0v) is 6.97. The fraction of sp³-hybridized carbons (Fsp3) is 0.250. The molecule has 0 fully saturated rings. The zero-order valence-electron chi connectivity index (χ0n) is 6.21. The van der Waals surface area contributed by atoms with E-state index in [4.69, 9.17) is 11.6 Å². The summed E-state index contributed by atoms with van der Waals surface area (Å²) < 4.78 is 25.5. The molecule has 3 heteroatoms. The molecular weight excluding hydrogens is 170 g/mol.